The Balaban J connectivity index is 1.48. The molecule has 0 bridgehead atoms. The number of ether oxygens (including phenoxy) is 1. The van der Waals surface area contributed by atoms with Crippen LogP contribution in [0.4, 0.5) is 5.69 Å². The Labute approximate surface area is 215 Å². The predicted octanol–water partition coefficient (Wildman–Crippen LogP) is 6.99. The van der Waals surface area contributed by atoms with Gasteiger partial charge in [0, 0.05) is 24.2 Å². The van der Waals surface area contributed by atoms with Gasteiger partial charge in [0.1, 0.15) is 5.75 Å². The fourth-order valence-corrected chi connectivity index (χ4v) is 5.95. The Bertz CT molecular complexity index is 1080. The van der Waals surface area contributed by atoms with Crippen molar-refractivity contribution in [2.75, 3.05) is 18.6 Å². The van der Waals surface area contributed by atoms with Crippen LogP contribution in [0.5, 0.6) is 5.75 Å². The molecule has 5 heteroatoms. The zero-order valence-corrected chi connectivity index (χ0v) is 21.6. The quantitative estimate of drug-likeness (QED) is 0.406. The summed E-state index contributed by atoms with van der Waals surface area (Å²) in [4.78, 5) is 26.7. The normalized spacial score (nSPS) is 20.8. The number of hydrogen-bond donors (Lipinski definition) is 1. The number of benzene rings is 2. The third-order valence-corrected chi connectivity index (χ3v) is 8.00. The van der Waals surface area contributed by atoms with Crippen molar-refractivity contribution in [2.24, 2.45) is 11.8 Å². The van der Waals surface area contributed by atoms with Crippen LogP contribution in [-0.4, -0.2) is 30.6 Å². The summed E-state index contributed by atoms with van der Waals surface area (Å²) in [5.41, 5.74) is 4.25. The lowest BCUT2D eigenvalue weighted by molar-refractivity contribution is -0.131. The maximum atomic E-state index is 13.7. The zero-order chi connectivity index (χ0) is 25.5. The molecule has 192 valence electrons. The molecule has 0 radical (unpaired) electrons. The van der Waals surface area contributed by atoms with E-state index in [0.717, 1.165) is 81.0 Å². The van der Waals surface area contributed by atoms with Gasteiger partial charge in [0.15, 0.2) is 0 Å². The number of carbonyl (C=O) groups is 2. The first-order valence-electron chi connectivity index (χ1n) is 13.4. The third-order valence-electron chi connectivity index (χ3n) is 8.00. The van der Waals surface area contributed by atoms with E-state index < -0.39 is 5.97 Å². The van der Waals surface area contributed by atoms with Gasteiger partial charge in [-0.15, -0.1) is 0 Å². The molecule has 0 saturated heterocycles. The molecule has 2 saturated carbocycles. The van der Waals surface area contributed by atoms with Crippen molar-refractivity contribution in [2.45, 2.75) is 70.6 Å². The van der Waals surface area contributed by atoms with Gasteiger partial charge >= 0.3 is 5.97 Å². The first-order valence-corrected chi connectivity index (χ1v) is 13.4. The monoisotopic (exact) mass is 489 g/mol. The second kappa shape index (κ2) is 12.2. The van der Waals surface area contributed by atoms with E-state index in [-0.39, 0.29) is 11.8 Å². The van der Waals surface area contributed by atoms with Crippen LogP contribution >= 0.6 is 0 Å². The maximum Gasteiger partial charge on any atom is 0.328 e. The minimum Gasteiger partial charge on any atom is -0.496 e. The molecule has 2 aliphatic rings. The van der Waals surface area contributed by atoms with Gasteiger partial charge in [0.25, 0.3) is 0 Å². The zero-order valence-electron chi connectivity index (χ0n) is 21.6. The van der Waals surface area contributed by atoms with Crippen molar-refractivity contribution in [3.63, 3.8) is 0 Å². The summed E-state index contributed by atoms with van der Waals surface area (Å²) in [6.07, 6.45) is 12.6. The van der Waals surface area contributed by atoms with E-state index >= 15 is 0 Å². The van der Waals surface area contributed by atoms with Crippen molar-refractivity contribution in [3.05, 3.63) is 65.2 Å². The molecule has 0 spiro atoms. The molecular formula is C31H39NO4. The van der Waals surface area contributed by atoms with Crippen LogP contribution < -0.4 is 9.64 Å². The SMILES string of the molecule is COc1ccc(C2CCC(CN(C(=O)C3CCCCC3)c3cccc(/C=C/C(=O)O)c3)CC2)cc1C. The molecule has 0 heterocycles. The summed E-state index contributed by atoms with van der Waals surface area (Å²) in [7, 11) is 1.71. The number of hydrogen-bond acceptors (Lipinski definition) is 3. The second-order valence-electron chi connectivity index (χ2n) is 10.5. The van der Waals surface area contributed by atoms with Gasteiger partial charge in [-0.05, 0) is 98.2 Å². The molecule has 4 rings (SSSR count). The fourth-order valence-electron chi connectivity index (χ4n) is 5.95. The van der Waals surface area contributed by atoms with Gasteiger partial charge < -0.3 is 14.7 Å². The van der Waals surface area contributed by atoms with Gasteiger partial charge in [-0.25, -0.2) is 4.79 Å². The molecule has 2 fully saturated rings. The first kappa shape index (κ1) is 26.0. The van der Waals surface area contributed by atoms with Crippen LogP contribution in [0.2, 0.25) is 0 Å². The summed E-state index contributed by atoms with van der Waals surface area (Å²) >= 11 is 0. The van der Waals surface area contributed by atoms with E-state index in [2.05, 4.69) is 25.1 Å². The van der Waals surface area contributed by atoms with Crippen molar-refractivity contribution < 1.29 is 19.4 Å². The van der Waals surface area contributed by atoms with Gasteiger partial charge in [0.2, 0.25) is 5.91 Å². The van der Waals surface area contributed by atoms with Crippen molar-refractivity contribution >= 4 is 23.6 Å². The highest BCUT2D eigenvalue weighted by molar-refractivity contribution is 5.95. The molecule has 0 aromatic heterocycles. The largest absolute Gasteiger partial charge is 0.496 e. The predicted molar refractivity (Wildman–Crippen MR) is 144 cm³/mol. The lowest BCUT2D eigenvalue weighted by Gasteiger charge is -2.35. The number of methoxy groups -OCH3 is 1. The van der Waals surface area contributed by atoms with Gasteiger partial charge in [-0.2, -0.15) is 0 Å². The number of carboxylic acid groups (broad SMARTS) is 1. The minimum absolute atomic E-state index is 0.0931. The molecule has 0 aliphatic heterocycles. The summed E-state index contributed by atoms with van der Waals surface area (Å²) in [6, 6.07) is 14.3. The van der Waals surface area contributed by atoms with Crippen LogP contribution in [0.15, 0.2) is 48.5 Å². The van der Waals surface area contributed by atoms with Crippen molar-refractivity contribution in [1.82, 2.24) is 0 Å². The highest BCUT2D eigenvalue weighted by Crippen LogP contribution is 2.38. The number of aliphatic carboxylic acids is 1. The third kappa shape index (κ3) is 6.57. The van der Waals surface area contributed by atoms with Gasteiger partial charge in [-0.3, -0.25) is 4.79 Å². The molecule has 2 aliphatic carbocycles. The summed E-state index contributed by atoms with van der Waals surface area (Å²) in [6.45, 7) is 2.83. The molecular weight excluding hydrogens is 450 g/mol. The summed E-state index contributed by atoms with van der Waals surface area (Å²) in [5, 5.41) is 9.02. The summed E-state index contributed by atoms with van der Waals surface area (Å²) < 4.78 is 5.43. The lowest BCUT2D eigenvalue weighted by atomic mass is 9.78. The molecule has 2 aromatic rings. The van der Waals surface area contributed by atoms with Crippen LogP contribution in [-0.2, 0) is 9.59 Å². The Hall–Kier alpha value is -3.08. The number of carbonyl (C=O) groups excluding carboxylic acids is 1. The van der Waals surface area contributed by atoms with E-state index in [0.29, 0.717) is 11.8 Å². The molecule has 36 heavy (non-hydrogen) atoms. The number of anilines is 1. The van der Waals surface area contributed by atoms with Gasteiger partial charge in [0.05, 0.1) is 7.11 Å². The molecule has 0 unspecified atom stereocenters. The van der Waals surface area contributed by atoms with Crippen LogP contribution in [0.25, 0.3) is 6.08 Å². The first-order chi connectivity index (χ1) is 17.4. The Morgan fingerprint density at radius 3 is 2.42 bits per heavy atom. The highest BCUT2D eigenvalue weighted by Gasteiger charge is 2.31. The van der Waals surface area contributed by atoms with Crippen molar-refractivity contribution in [3.8, 4) is 5.75 Å². The average Bonchev–Trinajstić information content (AvgIpc) is 2.91. The van der Waals surface area contributed by atoms with Crippen LogP contribution in [0.3, 0.4) is 0 Å². The molecule has 5 nitrogen and oxygen atoms in total. The molecule has 1 N–H and O–H groups in total. The smallest absolute Gasteiger partial charge is 0.328 e. The van der Waals surface area contributed by atoms with E-state index in [9.17, 15) is 9.59 Å². The van der Waals surface area contributed by atoms with E-state index in [1.54, 1.807) is 13.2 Å². The van der Waals surface area contributed by atoms with E-state index in [4.69, 9.17) is 9.84 Å². The van der Waals surface area contributed by atoms with Gasteiger partial charge in [-0.1, -0.05) is 43.5 Å². The standard InChI is InChI=1S/C31H39NO4/c1-22-19-27(16-17-29(22)36-2)25-14-11-24(12-15-25)21-32(31(35)26-8-4-3-5-9-26)28-10-6-7-23(20-28)13-18-30(33)34/h6-7,10,13,16-20,24-26H,3-5,8-9,11-12,14-15,21H2,1-2H3,(H,33,34)/b18-13+. The topological polar surface area (TPSA) is 66.8 Å². The minimum atomic E-state index is -0.973. The Morgan fingerprint density at radius 1 is 1.00 bits per heavy atom. The molecule has 2 aromatic carbocycles. The number of aryl methyl sites for hydroxylation is 1. The maximum absolute atomic E-state index is 13.7. The molecule has 0 atom stereocenters. The lowest BCUT2D eigenvalue weighted by Crippen LogP contribution is -2.41. The number of nitrogens with zero attached hydrogens (tertiary/aromatic N) is 1. The number of amides is 1. The highest BCUT2D eigenvalue weighted by atomic mass is 16.5. The summed E-state index contributed by atoms with van der Waals surface area (Å²) in [5.74, 6) is 1.31. The van der Waals surface area contributed by atoms with E-state index in [1.807, 2.05) is 29.2 Å². The number of rotatable bonds is 8. The van der Waals surface area contributed by atoms with Crippen LogP contribution in [0, 0.1) is 18.8 Å². The second-order valence-corrected chi connectivity index (χ2v) is 10.5. The molecule has 1 amide bonds. The van der Waals surface area contributed by atoms with Crippen LogP contribution in [0.1, 0.15) is 80.4 Å². The number of carboxylic acids is 1. The Kier molecular flexibility index (Phi) is 8.84. The van der Waals surface area contributed by atoms with Crippen molar-refractivity contribution in [1.29, 1.82) is 0 Å². The fraction of sp³-hybridized carbons (Fsp3) is 0.484. The Morgan fingerprint density at radius 2 is 1.75 bits per heavy atom. The van der Waals surface area contributed by atoms with E-state index in [1.165, 1.54) is 17.5 Å². The average molecular weight is 490 g/mol.